The third-order valence-electron chi connectivity index (χ3n) is 7.43. The van der Waals surface area contributed by atoms with E-state index in [2.05, 4.69) is 23.1 Å². The monoisotopic (exact) mass is 460 g/mol. The minimum atomic E-state index is -0.664. The Morgan fingerprint density at radius 1 is 1.38 bits per heavy atom. The number of rotatable bonds is 11. The maximum atomic E-state index is 12.4. The van der Waals surface area contributed by atoms with Crippen LogP contribution in [0.15, 0.2) is 41.8 Å². The van der Waals surface area contributed by atoms with Crippen LogP contribution in [-0.4, -0.2) is 41.3 Å². The number of methoxy groups -OCH3 is 1. The summed E-state index contributed by atoms with van der Waals surface area (Å²) in [7, 11) is 1.39. The molecule has 3 rings (SSSR count). The van der Waals surface area contributed by atoms with E-state index in [1.54, 1.807) is 11.3 Å². The molecular formula is C26H36O5S. The van der Waals surface area contributed by atoms with Gasteiger partial charge in [0.2, 0.25) is 0 Å². The Labute approximate surface area is 195 Å². The average Bonchev–Trinajstić information content (AvgIpc) is 3.38. The van der Waals surface area contributed by atoms with Crippen LogP contribution in [0.5, 0.6) is 0 Å². The molecule has 0 spiro atoms. The summed E-state index contributed by atoms with van der Waals surface area (Å²) >= 11 is 1.71. The number of Topliss-reactive ketones (excluding diaryl/α,β-unsaturated/α-hetero) is 1. The fourth-order valence-corrected chi connectivity index (χ4v) is 6.36. The van der Waals surface area contributed by atoms with Gasteiger partial charge in [-0.2, -0.15) is 0 Å². The number of hydrogen-bond acceptors (Lipinski definition) is 6. The first kappa shape index (κ1) is 24.9. The lowest BCUT2D eigenvalue weighted by Crippen LogP contribution is -2.51. The number of unbranched alkanes of at least 4 members (excludes halogenated alkanes) is 1. The lowest BCUT2D eigenvalue weighted by Gasteiger charge is -2.50. The Hall–Kier alpha value is -1.76. The molecule has 0 bridgehead atoms. The van der Waals surface area contributed by atoms with Crippen LogP contribution in [0, 0.1) is 17.8 Å². The summed E-state index contributed by atoms with van der Waals surface area (Å²) in [5.74, 6) is -0.123. The predicted octanol–water partition coefficient (Wildman–Crippen LogP) is 4.58. The number of carbonyl (C=O) groups excluding carboxylic acids is 2. The SMILES string of the molecule is COC(=O)CCC/C=C\C[C@H]1C(=O)C[C@@H](O)[C@@H]1/C=C/CC(O)C1(c2cccs2)CCC1C. The van der Waals surface area contributed by atoms with Gasteiger partial charge in [-0.1, -0.05) is 37.3 Å². The zero-order valence-corrected chi connectivity index (χ0v) is 19.9. The highest BCUT2D eigenvalue weighted by atomic mass is 32.1. The molecule has 2 aliphatic carbocycles. The molecule has 0 amide bonds. The number of hydrogen-bond donors (Lipinski definition) is 2. The van der Waals surface area contributed by atoms with Crippen LogP contribution >= 0.6 is 11.3 Å². The van der Waals surface area contributed by atoms with Crippen molar-refractivity contribution < 1.29 is 24.5 Å². The van der Waals surface area contributed by atoms with Crippen LogP contribution in [-0.2, 0) is 19.7 Å². The fraction of sp³-hybridized carbons (Fsp3) is 0.615. The minimum Gasteiger partial charge on any atom is -0.469 e. The molecule has 2 aliphatic rings. The van der Waals surface area contributed by atoms with Crippen molar-refractivity contribution in [2.24, 2.45) is 17.8 Å². The van der Waals surface area contributed by atoms with Gasteiger partial charge in [0.05, 0.1) is 19.3 Å². The van der Waals surface area contributed by atoms with Gasteiger partial charge in [-0.15, -0.1) is 11.3 Å². The molecule has 32 heavy (non-hydrogen) atoms. The number of esters is 1. The molecule has 5 nitrogen and oxygen atoms in total. The van der Waals surface area contributed by atoms with Gasteiger partial charge < -0.3 is 14.9 Å². The van der Waals surface area contributed by atoms with Gasteiger partial charge in [-0.3, -0.25) is 9.59 Å². The van der Waals surface area contributed by atoms with Gasteiger partial charge in [-0.05, 0) is 55.9 Å². The first-order valence-electron chi connectivity index (χ1n) is 11.7. The Morgan fingerprint density at radius 3 is 2.81 bits per heavy atom. The lowest BCUT2D eigenvalue weighted by molar-refractivity contribution is -0.140. The van der Waals surface area contributed by atoms with Crippen LogP contribution in [0.3, 0.4) is 0 Å². The van der Waals surface area contributed by atoms with Crippen LogP contribution in [0.1, 0.15) is 63.2 Å². The molecule has 0 aromatic carbocycles. The van der Waals surface area contributed by atoms with Crippen molar-refractivity contribution in [3.05, 3.63) is 46.7 Å². The van der Waals surface area contributed by atoms with Gasteiger partial charge in [0.25, 0.3) is 0 Å². The smallest absolute Gasteiger partial charge is 0.305 e. The van der Waals surface area contributed by atoms with Crippen molar-refractivity contribution in [3.8, 4) is 0 Å². The zero-order chi connectivity index (χ0) is 23.1. The topological polar surface area (TPSA) is 83.8 Å². The maximum absolute atomic E-state index is 12.4. The number of ketones is 1. The summed E-state index contributed by atoms with van der Waals surface area (Å²) in [6.07, 6.45) is 12.0. The molecule has 1 heterocycles. The maximum Gasteiger partial charge on any atom is 0.305 e. The van der Waals surface area contributed by atoms with Gasteiger partial charge in [0.1, 0.15) is 5.78 Å². The van der Waals surface area contributed by atoms with E-state index in [1.165, 1.54) is 12.0 Å². The van der Waals surface area contributed by atoms with E-state index in [0.29, 0.717) is 25.2 Å². The third-order valence-corrected chi connectivity index (χ3v) is 8.49. The Morgan fingerprint density at radius 2 is 2.19 bits per heavy atom. The average molecular weight is 461 g/mol. The highest BCUT2D eigenvalue weighted by Gasteiger charge is 2.50. The molecule has 6 atom stereocenters. The van der Waals surface area contributed by atoms with E-state index in [9.17, 15) is 19.8 Å². The molecule has 1 aromatic rings. The second-order valence-corrected chi connectivity index (χ2v) is 10.2. The largest absolute Gasteiger partial charge is 0.469 e. The number of carbonyl (C=O) groups is 2. The number of thiophene rings is 1. The van der Waals surface area contributed by atoms with Crippen molar-refractivity contribution in [2.45, 2.75) is 75.9 Å². The highest BCUT2D eigenvalue weighted by molar-refractivity contribution is 7.10. The molecule has 2 N–H and O–H groups in total. The normalized spacial score (nSPS) is 31.3. The van der Waals surface area contributed by atoms with Crippen LogP contribution in [0.25, 0.3) is 0 Å². The van der Waals surface area contributed by atoms with Crippen molar-refractivity contribution in [3.63, 3.8) is 0 Å². The molecule has 1 aromatic heterocycles. The van der Waals surface area contributed by atoms with Crippen LogP contribution in [0.4, 0.5) is 0 Å². The summed E-state index contributed by atoms with van der Waals surface area (Å²) in [6.45, 7) is 2.21. The van der Waals surface area contributed by atoms with Gasteiger partial charge in [0, 0.05) is 35.0 Å². The summed E-state index contributed by atoms with van der Waals surface area (Å²) in [4.78, 5) is 24.8. The van der Waals surface area contributed by atoms with E-state index >= 15 is 0 Å². The Balaban J connectivity index is 1.55. The van der Waals surface area contributed by atoms with Crippen molar-refractivity contribution in [2.75, 3.05) is 7.11 Å². The Kier molecular flexibility index (Phi) is 8.86. The second-order valence-electron chi connectivity index (χ2n) is 9.23. The zero-order valence-electron chi connectivity index (χ0n) is 19.1. The first-order chi connectivity index (χ1) is 15.4. The molecule has 0 aliphatic heterocycles. The summed E-state index contributed by atoms with van der Waals surface area (Å²) in [5, 5.41) is 23.6. The quantitative estimate of drug-likeness (QED) is 0.287. The van der Waals surface area contributed by atoms with Crippen molar-refractivity contribution >= 4 is 23.1 Å². The molecule has 3 unspecified atom stereocenters. The molecule has 2 fully saturated rings. The molecule has 2 saturated carbocycles. The summed E-state index contributed by atoms with van der Waals surface area (Å²) < 4.78 is 4.63. The molecule has 6 heteroatoms. The number of aliphatic hydroxyl groups is 2. The van der Waals surface area contributed by atoms with E-state index in [4.69, 9.17) is 0 Å². The predicted molar refractivity (Wildman–Crippen MR) is 126 cm³/mol. The fourth-order valence-electron chi connectivity index (χ4n) is 5.24. The third kappa shape index (κ3) is 5.41. The highest BCUT2D eigenvalue weighted by Crippen LogP contribution is 2.53. The molecule has 176 valence electrons. The van der Waals surface area contributed by atoms with Crippen LogP contribution in [0.2, 0.25) is 0 Å². The van der Waals surface area contributed by atoms with Gasteiger partial charge in [0.15, 0.2) is 0 Å². The standard InChI is InChI=1S/C26H36O5S/c1-18-14-15-26(18,24-12-8-16-32-24)23(29)11-7-10-20-19(21(27)17-22(20)28)9-5-3-4-6-13-25(30)31-2/h3,5,7-8,10,12,16,18-20,22-23,28-29H,4,6,9,11,13-15,17H2,1-2H3/b5-3-,10-7+/t18?,19-,20-,22-,23?,26?/m1/s1. The van der Waals surface area contributed by atoms with E-state index in [1.807, 2.05) is 30.4 Å². The van der Waals surface area contributed by atoms with Gasteiger partial charge >= 0.3 is 5.97 Å². The molecule has 0 saturated heterocycles. The summed E-state index contributed by atoms with van der Waals surface area (Å²) in [6, 6.07) is 4.17. The lowest BCUT2D eigenvalue weighted by atomic mass is 9.56. The molecule has 0 radical (unpaired) electrons. The first-order valence-corrected chi connectivity index (χ1v) is 12.6. The number of aliphatic hydroxyl groups excluding tert-OH is 2. The molecular weight excluding hydrogens is 424 g/mol. The van der Waals surface area contributed by atoms with Gasteiger partial charge in [-0.25, -0.2) is 0 Å². The van der Waals surface area contributed by atoms with Crippen molar-refractivity contribution in [1.82, 2.24) is 0 Å². The summed E-state index contributed by atoms with van der Waals surface area (Å²) in [5.41, 5.74) is -0.172. The second kappa shape index (κ2) is 11.4. The van der Waals surface area contributed by atoms with Crippen molar-refractivity contribution in [1.29, 1.82) is 0 Å². The van der Waals surface area contributed by atoms with E-state index in [-0.39, 0.29) is 35.4 Å². The van der Waals surface area contributed by atoms with Crippen LogP contribution < -0.4 is 0 Å². The number of allylic oxidation sites excluding steroid dienone is 2. The van der Waals surface area contributed by atoms with E-state index < -0.39 is 12.2 Å². The van der Waals surface area contributed by atoms with E-state index in [0.717, 1.165) is 25.7 Å². The number of ether oxygens (including phenoxy) is 1. The minimum absolute atomic E-state index is 0.0922. The Bertz CT molecular complexity index is 814.